The molecule has 0 atom stereocenters. The van der Waals surface area contributed by atoms with Crippen molar-refractivity contribution in [3.05, 3.63) is 70.4 Å². The van der Waals surface area contributed by atoms with Crippen molar-refractivity contribution in [2.24, 2.45) is 0 Å². The van der Waals surface area contributed by atoms with E-state index >= 15 is 0 Å². The first-order valence-electron chi connectivity index (χ1n) is 10.3. The summed E-state index contributed by atoms with van der Waals surface area (Å²) in [4.78, 5) is 23.3. The molecule has 1 aliphatic rings. The molecule has 1 aliphatic heterocycles. The molecular formula is C23H28N4OS. The highest BCUT2D eigenvalue weighted by molar-refractivity contribution is 7.11. The maximum atomic E-state index is 12.0. The summed E-state index contributed by atoms with van der Waals surface area (Å²) in [5.74, 6) is 0.243. The van der Waals surface area contributed by atoms with Gasteiger partial charge < -0.3 is 9.47 Å². The molecule has 2 aromatic heterocycles. The van der Waals surface area contributed by atoms with Crippen LogP contribution in [-0.4, -0.2) is 33.4 Å². The van der Waals surface area contributed by atoms with E-state index in [9.17, 15) is 4.79 Å². The van der Waals surface area contributed by atoms with Crippen LogP contribution in [0.25, 0.3) is 0 Å². The van der Waals surface area contributed by atoms with E-state index in [1.807, 2.05) is 35.0 Å². The number of benzene rings is 1. The summed E-state index contributed by atoms with van der Waals surface area (Å²) >= 11 is 1.88. The molecule has 0 N–H and O–H groups in total. The quantitative estimate of drug-likeness (QED) is 0.524. The molecule has 0 radical (unpaired) electrons. The van der Waals surface area contributed by atoms with E-state index in [1.165, 1.54) is 15.3 Å². The average molecular weight is 409 g/mol. The number of hydrogen-bond acceptors (Lipinski definition) is 4. The summed E-state index contributed by atoms with van der Waals surface area (Å²) in [6.07, 6.45) is 8.45. The van der Waals surface area contributed by atoms with Gasteiger partial charge in [-0.3, -0.25) is 9.69 Å². The number of rotatable bonds is 9. The molecule has 152 valence electrons. The molecule has 1 saturated heterocycles. The van der Waals surface area contributed by atoms with Crippen molar-refractivity contribution in [1.29, 1.82) is 0 Å². The highest BCUT2D eigenvalue weighted by Crippen LogP contribution is 2.23. The fourth-order valence-corrected chi connectivity index (χ4v) is 4.79. The molecule has 5 nitrogen and oxygen atoms in total. The summed E-state index contributed by atoms with van der Waals surface area (Å²) in [6, 6.07) is 13.0. The summed E-state index contributed by atoms with van der Waals surface area (Å²) in [5, 5.41) is 0. The second-order valence-corrected chi connectivity index (χ2v) is 9.06. The van der Waals surface area contributed by atoms with E-state index in [1.54, 1.807) is 0 Å². The second-order valence-electron chi connectivity index (χ2n) is 7.69. The van der Waals surface area contributed by atoms with Crippen molar-refractivity contribution in [3.8, 4) is 0 Å². The smallest absolute Gasteiger partial charge is 0.227 e. The molecule has 0 bridgehead atoms. The summed E-state index contributed by atoms with van der Waals surface area (Å²) in [5.41, 5.74) is 2.31. The lowest BCUT2D eigenvalue weighted by Gasteiger charge is -2.23. The van der Waals surface area contributed by atoms with Crippen LogP contribution in [0.3, 0.4) is 0 Å². The Hall–Kier alpha value is -2.44. The number of amides is 1. The minimum absolute atomic E-state index is 0.243. The highest BCUT2D eigenvalue weighted by Gasteiger charge is 2.21. The lowest BCUT2D eigenvalue weighted by molar-refractivity contribution is -0.117. The maximum absolute atomic E-state index is 12.0. The molecule has 0 saturated carbocycles. The van der Waals surface area contributed by atoms with Crippen LogP contribution in [0.15, 0.2) is 55.1 Å². The number of nitrogens with zero attached hydrogens (tertiary/aromatic N) is 4. The molecular weight excluding hydrogens is 380 g/mol. The van der Waals surface area contributed by atoms with Gasteiger partial charge in [0.15, 0.2) is 0 Å². The van der Waals surface area contributed by atoms with E-state index in [4.69, 9.17) is 0 Å². The van der Waals surface area contributed by atoms with E-state index in [2.05, 4.69) is 57.8 Å². The first-order chi connectivity index (χ1) is 14.2. The maximum Gasteiger partial charge on any atom is 0.227 e. The van der Waals surface area contributed by atoms with Crippen LogP contribution >= 0.6 is 11.3 Å². The average Bonchev–Trinajstić information content (AvgIpc) is 3.46. The number of thiophene rings is 1. The van der Waals surface area contributed by atoms with Crippen LogP contribution in [0, 0.1) is 6.92 Å². The van der Waals surface area contributed by atoms with Gasteiger partial charge in [-0.1, -0.05) is 12.1 Å². The van der Waals surface area contributed by atoms with Crippen molar-refractivity contribution in [2.45, 2.75) is 45.8 Å². The van der Waals surface area contributed by atoms with Gasteiger partial charge in [-0.25, -0.2) is 4.98 Å². The van der Waals surface area contributed by atoms with Gasteiger partial charge in [0.2, 0.25) is 5.91 Å². The van der Waals surface area contributed by atoms with Crippen LogP contribution < -0.4 is 4.90 Å². The van der Waals surface area contributed by atoms with E-state index in [-0.39, 0.29) is 5.91 Å². The van der Waals surface area contributed by atoms with Crippen LogP contribution in [0.5, 0.6) is 0 Å². The van der Waals surface area contributed by atoms with E-state index in [0.29, 0.717) is 6.42 Å². The van der Waals surface area contributed by atoms with Crippen LogP contribution in [0.2, 0.25) is 0 Å². The third-order valence-electron chi connectivity index (χ3n) is 5.35. The van der Waals surface area contributed by atoms with Gasteiger partial charge in [-0.05, 0) is 49.6 Å². The Balaban J connectivity index is 1.39. The first kappa shape index (κ1) is 19.9. The van der Waals surface area contributed by atoms with Gasteiger partial charge in [0, 0.05) is 67.0 Å². The fourth-order valence-electron chi connectivity index (χ4n) is 3.86. The molecule has 0 spiro atoms. The van der Waals surface area contributed by atoms with Gasteiger partial charge in [-0.15, -0.1) is 11.3 Å². The van der Waals surface area contributed by atoms with Crippen LogP contribution in [-0.2, 0) is 24.4 Å². The van der Waals surface area contributed by atoms with Gasteiger partial charge in [0.1, 0.15) is 0 Å². The Morgan fingerprint density at radius 2 is 2.00 bits per heavy atom. The number of aryl methyl sites for hydroxylation is 2. The standard InChI is InChI=1S/C23H28N4OS/c1-19-5-10-22(29-19)17-26(13-3-12-25-15-11-24-18-25)16-20-6-8-21(9-7-20)27-14-2-4-23(27)28/h5-11,15,18H,2-4,12-14,16-17H2,1H3. The summed E-state index contributed by atoms with van der Waals surface area (Å²) < 4.78 is 2.13. The van der Waals surface area contributed by atoms with Gasteiger partial charge >= 0.3 is 0 Å². The predicted molar refractivity (Wildman–Crippen MR) is 118 cm³/mol. The Morgan fingerprint density at radius 3 is 2.66 bits per heavy atom. The third-order valence-corrected chi connectivity index (χ3v) is 6.34. The molecule has 29 heavy (non-hydrogen) atoms. The molecule has 1 aromatic carbocycles. The highest BCUT2D eigenvalue weighted by atomic mass is 32.1. The first-order valence-corrected chi connectivity index (χ1v) is 11.1. The predicted octanol–water partition coefficient (Wildman–Crippen LogP) is 4.47. The summed E-state index contributed by atoms with van der Waals surface area (Å²) in [6.45, 7) is 6.90. The Kier molecular flexibility index (Phi) is 6.42. The Bertz CT molecular complexity index is 917. The van der Waals surface area contributed by atoms with Crippen LogP contribution in [0.1, 0.15) is 34.6 Å². The van der Waals surface area contributed by atoms with E-state index in [0.717, 1.165) is 51.3 Å². The van der Waals surface area contributed by atoms with Crippen molar-refractivity contribution < 1.29 is 4.79 Å². The lowest BCUT2D eigenvalue weighted by atomic mass is 10.1. The molecule has 4 rings (SSSR count). The number of carbonyl (C=O) groups excluding carboxylic acids is 1. The molecule has 1 amide bonds. The fraction of sp³-hybridized carbons (Fsp3) is 0.391. The van der Waals surface area contributed by atoms with E-state index < -0.39 is 0 Å². The zero-order chi connectivity index (χ0) is 20.1. The third kappa shape index (κ3) is 5.34. The second kappa shape index (κ2) is 9.37. The zero-order valence-electron chi connectivity index (χ0n) is 17.0. The van der Waals surface area contributed by atoms with Crippen molar-refractivity contribution in [2.75, 3.05) is 18.0 Å². The van der Waals surface area contributed by atoms with Crippen molar-refractivity contribution in [1.82, 2.24) is 14.5 Å². The molecule has 6 heteroatoms. The Morgan fingerprint density at radius 1 is 1.14 bits per heavy atom. The lowest BCUT2D eigenvalue weighted by Crippen LogP contribution is -2.25. The molecule has 3 heterocycles. The molecule has 0 unspecified atom stereocenters. The Labute approximate surface area is 176 Å². The molecule has 0 aliphatic carbocycles. The van der Waals surface area contributed by atoms with Crippen LogP contribution in [0.4, 0.5) is 5.69 Å². The summed E-state index contributed by atoms with van der Waals surface area (Å²) in [7, 11) is 0. The van der Waals surface area contributed by atoms with Gasteiger partial charge in [0.25, 0.3) is 0 Å². The number of anilines is 1. The SMILES string of the molecule is Cc1ccc(CN(CCCn2ccnc2)Cc2ccc(N3CCCC3=O)cc2)s1. The number of aromatic nitrogens is 2. The minimum Gasteiger partial charge on any atom is -0.337 e. The normalized spacial score (nSPS) is 14.3. The number of hydrogen-bond donors (Lipinski definition) is 0. The largest absolute Gasteiger partial charge is 0.337 e. The van der Waals surface area contributed by atoms with Crippen molar-refractivity contribution in [3.63, 3.8) is 0 Å². The van der Waals surface area contributed by atoms with Gasteiger partial charge in [0.05, 0.1) is 6.33 Å². The molecule has 3 aromatic rings. The topological polar surface area (TPSA) is 41.4 Å². The van der Waals surface area contributed by atoms with Gasteiger partial charge in [-0.2, -0.15) is 0 Å². The molecule has 1 fully saturated rings. The number of imidazole rings is 1. The number of carbonyl (C=O) groups is 1. The zero-order valence-corrected chi connectivity index (χ0v) is 17.8. The monoisotopic (exact) mass is 408 g/mol. The minimum atomic E-state index is 0.243. The van der Waals surface area contributed by atoms with Crippen molar-refractivity contribution >= 4 is 22.9 Å².